The van der Waals surface area contributed by atoms with Crippen molar-refractivity contribution in [1.82, 2.24) is 4.90 Å². The maximum absolute atomic E-state index is 11.4. The normalized spacial score (nSPS) is 34.9. The van der Waals surface area contributed by atoms with Crippen molar-refractivity contribution < 1.29 is 4.79 Å². The second kappa shape index (κ2) is 4.13. The van der Waals surface area contributed by atoms with E-state index in [0.29, 0.717) is 5.75 Å². The van der Waals surface area contributed by atoms with Gasteiger partial charge < -0.3 is 4.90 Å². The summed E-state index contributed by atoms with van der Waals surface area (Å²) in [4.78, 5) is 13.2. The molecule has 2 nitrogen and oxygen atoms in total. The van der Waals surface area contributed by atoms with Crippen molar-refractivity contribution in [1.29, 1.82) is 0 Å². The Balaban J connectivity index is 1.83. The minimum Gasteiger partial charge on any atom is -0.345 e. The Labute approximate surface area is 91.5 Å². The van der Waals surface area contributed by atoms with Crippen molar-refractivity contribution in [3.05, 3.63) is 0 Å². The number of carbonyl (C=O) groups is 1. The smallest absolute Gasteiger partial charge is 0.232 e. The molecule has 2 aliphatic rings. The van der Waals surface area contributed by atoms with E-state index in [1.807, 2.05) is 11.9 Å². The summed E-state index contributed by atoms with van der Waals surface area (Å²) in [6, 6.07) is 0. The third-order valence-corrected chi connectivity index (χ3v) is 4.22. The van der Waals surface area contributed by atoms with E-state index < -0.39 is 0 Å². The highest BCUT2D eigenvalue weighted by Crippen LogP contribution is 2.48. The Morgan fingerprint density at radius 3 is 2.71 bits per heavy atom. The van der Waals surface area contributed by atoms with Crippen LogP contribution in [0.5, 0.6) is 0 Å². The van der Waals surface area contributed by atoms with Gasteiger partial charge >= 0.3 is 0 Å². The maximum Gasteiger partial charge on any atom is 0.232 e. The van der Waals surface area contributed by atoms with Gasteiger partial charge in [-0.1, -0.05) is 6.42 Å². The van der Waals surface area contributed by atoms with Crippen LogP contribution >= 0.6 is 12.6 Å². The average molecular weight is 213 g/mol. The molecular weight excluding hydrogens is 194 g/mol. The van der Waals surface area contributed by atoms with Crippen LogP contribution in [0.4, 0.5) is 0 Å². The first-order valence-corrected chi connectivity index (χ1v) is 6.18. The van der Waals surface area contributed by atoms with Crippen LogP contribution in [-0.4, -0.2) is 30.2 Å². The molecule has 0 aromatic heterocycles. The SMILES string of the molecule is CN(CC1CC2CCC1C2)C(=O)CS. The van der Waals surface area contributed by atoms with Gasteiger partial charge in [0.25, 0.3) is 0 Å². The number of carbonyl (C=O) groups excluding carboxylic acids is 1. The fourth-order valence-corrected chi connectivity index (χ4v) is 3.42. The summed E-state index contributed by atoms with van der Waals surface area (Å²) in [5, 5.41) is 0. The molecule has 1 amide bonds. The van der Waals surface area contributed by atoms with Crippen LogP contribution in [0.2, 0.25) is 0 Å². The van der Waals surface area contributed by atoms with Crippen molar-refractivity contribution in [3.63, 3.8) is 0 Å². The third kappa shape index (κ3) is 1.92. The molecule has 0 N–H and O–H groups in total. The van der Waals surface area contributed by atoms with Gasteiger partial charge in [-0.05, 0) is 37.0 Å². The van der Waals surface area contributed by atoms with Crippen molar-refractivity contribution in [3.8, 4) is 0 Å². The van der Waals surface area contributed by atoms with Crippen molar-refractivity contribution in [2.45, 2.75) is 25.7 Å². The van der Waals surface area contributed by atoms with E-state index in [1.54, 1.807) is 0 Å². The lowest BCUT2D eigenvalue weighted by atomic mass is 9.88. The Morgan fingerprint density at radius 1 is 1.43 bits per heavy atom. The van der Waals surface area contributed by atoms with Gasteiger partial charge in [0.2, 0.25) is 5.91 Å². The Kier molecular flexibility index (Phi) is 3.05. The molecule has 3 atom stereocenters. The van der Waals surface area contributed by atoms with Crippen LogP contribution in [0.25, 0.3) is 0 Å². The summed E-state index contributed by atoms with van der Waals surface area (Å²) < 4.78 is 0. The first-order chi connectivity index (χ1) is 6.70. The minimum atomic E-state index is 0.163. The van der Waals surface area contributed by atoms with Crippen molar-refractivity contribution >= 4 is 18.5 Å². The van der Waals surface area contributed by atoms with E-state index in [9.17, 15) is 4.79 Å². The van der Waals surface area contributed by atoms with Gasteiger partial charge in [0.15, 0.2) is 0 Å². The molecule has 0 saturated heterocycles. The number of hydrogen-bond donors (Lipinski definition) is 1. The van der Waals surface area contributed by atoms with Gasteiger partial charge in [-0.2, -0.15) is 12.6 Å². The monoisotopic (exact) mass is 213 g/mol. The van der Waals surface area contributed by atoms with Crippen LogP contribution in [0, 0.1) is 17.8 Å². The number of thiol groups is 1. The molecule has 0 aromatic carbocycles. The molecule has 2 bridgehead atoms. The summed E-state index contributed by atoms with van der Waals surface area (Å²) >= 11 is 4.01. The maximum atomic E-state index is 11.4. The molecular formula is C11H19NOS. The molecule has 2 saturated carbocycles. The van der Waals surface area contributed by atoms with Gasteiger partial charge in [-0.25, -0.2) is 0 Å². The van der Waals surface area contributed by atoms with Gasteiger partial charge in [0.05, 0.1) is 5.75 Å². The van der Waals surface area contributed by atoms with Gasteiger partial charge in [0, 0.05) is 13.6 Å². The lowest BCUT2D eigenvalue weighted by molar-refractivity contribution is -0.127. The van der Waals surface area contributed by atoms with Gasteiger partial charge in [0.1, 0.15) is 0 Å². The molecule has 0 aliphatic heterocycles. The average Bonchev–Trinajstić information content (AvgIpc) is 2.77. The zero-order valence-electron chi connectivity index (χ0n) is 8.78. The van der Waals surface area contributed by atoms with Crippen LogP contribution < -0.4 is 0 Å². The molecule has 80 valence electrons. The van der Waals surface area contributed by atoms with E-state index in [0.717, 1.165) is 24.3 Å². The summed E-state index contributed by atoms with van der Waals surface area (Å²) in [6.07, 6.45) is 5.62. The van der Waals surface area contributed by atoms with E-state index in [1.165, 1.54) is 25.7 Å². The molecule has 3 unspecified atom stereocenters. The molecule has 14 heavy (non-hydrogen) atoms. The van der Waals surface area contributed by atoms with Gasteiger partial charge in [-0.15, -0.1) is 0 Å². The van der Waals surface area contributed by atoms with Gasteiger partial charge in [-0.3, -0.25) is 4.79 Å². The summed E-state index contributed by atoms with van der Waals surface area (Å²) in [7, 11) is 1.91. The highest BCUT2D eigenvalue weighted by Gasteiger charge is 2.39. The summed E-state index contributed by atoms with van der Waals surface area (Å²) in [6.45, 7) is 0.959. The fraction of sp³-hybridized carbons (Fsp3) is 0.909. The lowest BCUT2D eigenvalue weighted by Gasteiger charge is -2.26. The third-order valence-electron chi connectivity index (χ3n) is 3.95. The van der Waals surface area contributed by atoms with Crippen LogP contribution in [0.1, 0.15) is 25.7 Å². The number of nitrogens with zero attached hydrogens (tertiary/aromatic N) is 1. The molecule has 3 heteroatoms. The zero-order chi connectivity index (χ0) is 10.1. The summed E-state index contributed by atoms with van der Waals surface area (Å²) in [5.41, 5.74) is 0. The Hall–Kier alpha value is -0.180. The first kappa shape index (κ1) is 10.3. The largest absolute Gasteiger partial charge is 0.345 e. The van der Waals surface area contributed by atoms with Crippen LogP contribution in [0.15, 0.2) is 0 Å². The molecule has 0 aromatic rings. The molecule has 2 aliphatic carbocycles. The standard InChI is InChI=1S/C11H19NOS/c1-12(11(13)7-14)6-10-5-8-2-3-9(10)4-8/h8-10,14H,2-7H2,1H3. The number of amides is 1. The molecule has 2 fully saturated rings. The highest BCUT2D eigenvalue weighted by molar-refractivity contribution is 7.81. The van der Waals surface area contributed by atoms with Crippen molar-refractivity contribution in [2.24, 2.45) is 17.8 Å². The fourth-order valence-electron chi connectivity index (χ4n) is 3.17. The van der Waals surface area contributed by atoms with Crippen LogP contribution in [-0.2, 0) is 4.79 Å². The predicted molar refractivity (Wildman–Crippen MR) is 60.4 cm³/mol. The van der Waals surface area contributed by atoms with E-state index in [2.05, 4.69) is 12.6 Å². The Morgan fingerprint density at radius 2 is 2.21 bits per heavy atom. The molecule has 0 spiro atoms. The zero-order valence-corrected chi connectivity index (χ0v) is 9.67. The number of fused-ring (bicyclic) bond motifs is 2. The minimum absolute atomic E-state index is 0.163. The summed E-state index contributed by atoms with van der Waals surface area (Å²) in [5.74, 6) is 3.18. The van der Waals surface area contributed by atoms with Crippen LogP contribution in [0.3, 0.4) is 0 Å². The Bertz CT molecular complexity index is 231. The second-order valence-corrected chi connectivity index (χ2v) is 5.18. The van der Waals surface area contributed by atoms with E-state index in [4.69, 9.17) is 0 Å². The highest BCUT2D eigenvalue weighted by atomic mass is 32.1. The molecule has 0 heterocycles. The quantitative estimate of drug-likeness (QED) is 0.709. The predicted octanol–water partition coefficient (Wildman–Crippen LogP) is 1.81. The van der Waals surface area contributed by atoms with E-state index in [-0.39, 0.29) is 5.91 Å². The number of hydrogen-bond acceptors (Lipinski definition) is 2. The first-order valence-electron chi connectivity index (χ1n) is 5.55. The second-order valence-electron chi connectivity index (χ2n) is 4.87. The number of rotatable bonds is 3. The van der Waals surface area contributed by atoms with E-state index >= 15 is 0 Å². The molecule has 2 rings (SSSR count). The van der Waals surface area contributed by atoms with Crippen molar-refractivity contribution in [2.75, 3.05) is 19.3 Å². The molecule has 0 radical (unpaired) electrons. The lowest BCUT2D eigenvalue weighted by Crippen LogP contribution is -2.34. The topological polar surface area (TPSA) is 20.3 Å².